The smallest absolute Gasteiger partial charge is 0.253 e. The number of aromatic nitrogens is 2. The van der Waals surface area contributed by atoms with Crippen molar-refractivity contribution in [2.24, 2.45) is 5.92 Å². The van der Waals surface area contributed by atoms with Crippen LogP contribution < -0.4 is 0 Å². The second-order valence-electron chi connectivity index (χ2n) is 7.91. The molecule has 29 heavy (non-hydrogen) atoms. The number of amides is 2. The number of rotatable bonds is 3. The predicted octanol–water partition coefficient (Wildman–Crippen LogP) is 2.20. The minimum Gasteiger partial charge on any atom is -0.378 e. The summed E-state index contributed by atoms with van der Waals surface area (Å²) in [6.45, 7) is 7.67. The molecule has 1 atom stereocenters. The number of nitrogens with zero attached hydrogens (tertiary/aromatic N) is 4. The lowest BCUT2D eigenvalue weighted by atomic mass is 9.95. The van der Waals surface area contributed by atoms with Gasteiger partial charge in [0.15, 0.2) is 0 Å². The number of aryl methyl sites for hydroxylation is 2. The molecule has 2 saturated heterocycles. The number of benzene rings is 1. The summed E-state index contributed by atoms with van der Waals surface area (Å²) in [4.78, 5) is 29.5. The largest absolute Gasteiger partial charge is 0.378 e. The van der Waals surface area contributed by atoms with Crippen LogP contribution in [0.2, 0.25) is 0 Å². The summed E-state index contributed by atoms with van der Waals surface area (Å²) in [6.07, 6.45) is 1.70. The van der Waals surface area contributed by atoms with Crippen molar-refractivity contribution in [1.29, 1.82) is 0 Å². The molecule has 3 heterocycles. The van der Waals surface area contributed by atoms with Crippen LogP contribution >= 0.6 is 0 Å². The normalized spacial score (nSPS) is 20.0. The van der Waals surface area contributed by atoms with E-state index in [2.05, 4.69) is 5.10 Å². The maximum atomic E-state index is 13.0. The fourth-order valence-electron chi connectivity index (χ4n) is 4.22. The molecule has 7 heteroatoms. The van der Waals surface area contributed by atoms with Crippen molar-refractivity contribution in [2.45, 2.75) is 26.7 Å². The van der Waals surface area contributed by atoms with E-state index in [0.29, 0.717) is 45.0 Å². The van der Waals surface area contributed by atoms with Gasteiger partial charge < -0.3 is 14.5 Å². The maximum absolute atomic E-state index is 13.0. The Morgan fingerprint density at radius 3 is 2.41 bits per heavy atom. The molecule has 7 nitrogen and oxygen atoms in total. The molecule has 1 unspecified atom stereocenters. The van der Waals surface area contributed by atoms with E-state index in [1.807, 2.05) is 58.7 Å². The van der Waals surface area contributed by atoms with Gasteiger partial charge in [0.1, 0.15) is 0 Å². The van der Waals surface area contributed by atoms with Crippen molar-refractivity contribution < 1.29 is 14.3 Å². The minimum atomic E-state index is -0.111. The van der Waals surface area contributed by atoms with Crippen LogP contribution in [0.5, 0.6) is 0 Å². The Morgan fingerprint density at radius 1 is 1.03 bits per heavy atom. The number of hydrogen-bond donors (Lipinski definition) is 0. The molecule has 0 bridgehead atoms. The van der Waals surface area contributed by atoms with E-state index >= 15 is 0 Å². The van der Waals surface area contributed by atoms with Crippen molar-refractivity contribution in [3.63, 3.8) is 0 Å². The number of piperidine rings is 1. The molecule has 0 N–H and O–H groups in total. The van der Waals surface area contributed by atoms with Gasteiger partial charge in [-0.25, -0.2) is 4.68 Å². The summed E-state index contributed by atoms with van der Waals surface area (Å²) in [7, 11) is 0. The molecule has 154 valence electrons. The van der Waals surface area contributed by atoms with Crippen molar-refractivity contribution in [2.75, 3.05) is 39.4 Å². The highest BCUT2D eigenvalue weighted by molar-refractivity contribution is 5.95. The number of hydrogen-bond acceptors (Lipinski definition) is 4. The van der Waals surface area contributed by atoms with E-state index < -0.39 is 0 Å². The monoisotopic (exact) mass is 396 g/mol. The highest BCUT2D eigenvalue weighted by Crippen LogP contribution is 2.22. The Bertz CT molecular complexity index is 884. The first kappa shape index (κ1) is 19.6. The highest BCUT2D eigenvalue weighted by Gasteiger charge is 2.32. The fraction of sp³-hybridized carbons (Fsp3) is 0.500. The third-order valence-corrected chi connectivity index (χ3v) is 5.75. The summed E-state index contributed by atoms with van der Waals surface area (Å²) in [5, 5.41) is 4.49. The molecule has 0 aliphatic carbocycles. The molecule has 4 rings (SSSR count). The Kier molecular flexibility index (Phi) is 5.67. The Morgan fingerprint density at radius 2 is 1.76 bits per heavy atom. The minimum absolute atomic E-state index is 0.00982. The van der Waals surface area contributed by atoms with Crippen LogP contribution in [0.25, 0.3) is 5.69 Å². The number of carbonyl (C=O) groups is 2. The number of carbonyl (C=O) groups excluding carboxylic acids is 2. The average Bonchev–Trinajstić information content (AvgIpc) is 3.11. The summed E-state index contributed by atoms with van der Waals surface area (Å²) >= 11 is 0. The number of ether oxygens (including phenoxy) is 1. The number of likely N-dealkylation sites (tertiary alicyclic amines) is 1. The molecule has 2 aliphatic heterocycles. The molecule has 1 aromatic carbocycles. The average molecular weight is 396 g/mol. The lowest BCUT2D eigenvalue weighted by Crippen LogP contribution is -2.49. The molecular weight excluding hydrogens is 368 g/mol. The highest BCUT2D eigenvalue weighted by atomic mass is 16.5. The lowest BCUT2D eigenvalue weighted by Gasteiger charge is -2.36. The third-order valence-electron chi connectivity index (χ3n) is 5.75. The van der Waals surface area contributed by atoms with Crippen LogP contribution in [0.4, 0.5) is 0 Å². The second kappa shape index (κ2) is 8.37. The van der Waals surface area contributed by atoms with Crippen LogP contribution in [0, 0.1) is 19.8 Å². The van der Waals surface area contributed by atoms with Gasteiger partial charge in [0, 0.05) is 37.4 Å². The third kappa shape index (κ3) is 4.19. The van der Waals surface area contributed by atoms with Gasteiger partial charge >= 0.3 is 0 Å². The quantitative estimate of drug-likeness (QED) is 0.798. The Balaban J connectivity index is 1.43. The van der Waals surface area contributed by atoms with E-state index in [1.54, 1.807) is 0 Å². The van der Waals surface area contributed by atoms with Crippen LogP contribution in [0.3, 0.4) is 0 Å². The van der Waals surface area contributed by atoms with Crippen molar-refractivity contribution in [3.05, 3.63) is 47.3 Å². The SMILES string of the molecule is Cc1cc(C)n(-c2ccc(C(=O)N3CCCC(C(=O)N4CCOCC4)C3)cc2)n1. The molecule has 2 aromatic rings. The van der Waals surface area contributed by atoms with E-state index in [1.165, 1.54) is 0 Å². The fourth-order valence-corrected chi connectivity index (χ4v) is 4.22. The summed E-state index contributed by atoms with van der Waals surface area (Å²) in [5.41, 5.74) is 3.61. The van der Waals surface area contributed by atoms with E-state index in [0.717, 1.165) is 29.9 Å². The zero-order valence-electron chi connectivity index (χ0n) is 17.1. The van der Waals surface area contributed by atoms with Gasteiger partial charge in [-0.1, -0.05) is 0 Å². The zero-order chi connectivity index (χ0) is 20.4. The van der Waals surface area contributed by atoms with Crippen LogP contribution in [-0.4, -0.2) is 70.8 Å². The van der Waals surface area contributed by atoms with E-state index in [-0.39, 0.29) is 17.7 Å². The molecule has 0 saturated carbocycles. The van der Waals surface area contributed by atoms with Gasteiger partial charge in [-0.05, 0) is 57.0 Å². The number of morpholine rings is 1. The van der Waals surface area contributed by atoms with Gasteiger partial charge in [-0.2, -0.15) is 5.10 Å². The first-order valence-electron chi connectivity index (χ1n) is 10.3. The van der Waals surface area contributed by atoms with Gasteiger partial charge in [-0.15, -0.1) is 0 Å². The molecule has 2 aliphatic rings. The Hall–Kier alpha value is -2.67. The lowest BCUT2D eigenvalue weighted by molar-refractivity contribution is -0.141. The first-order chi connectivity index (χ1) is 14.0. The summed E-state index contributed by atoms with van der Waals surface area (Å²) in [5.74, 6) is 0.0369. The van der Waals surface area contributed by atoms with Gasteiger partial charge in [0.25, 0.3) is 5.91 Å². The van der Waals surface area contributed by atoms with Crippen LogP contribution in [0.1, 0.15) is 34.6 Å². The standard InChI is InChI=1S/C22H28N4O3/c1-16-14-17(2)26(23-16)20-7-5-18(6-8-20)21(27)25-9-3-4-19(15-25)22(28)24-10-12-29-13-11-24/h5-8,14,19H,3-4,9-13,15H2,1-2H3. The molecule has 0 spiro atoms. The second-order valence-corrected chi connectivity index (χ2v) is 7.91. The van der Waals surface area contributed by atoms with Crippen LogP contribution in [0.15, 0.2) is 30.3 Å². The van der Waals surface area contributed by atoms with Crippen molar-refractivity contribution in [3.8, 4) is 5.69 Å². The molecule has 1 aromatic heterocycles. The van der Waals surface area contributed by atoms with Crippen LogP contribution in [-0.2, 0) is 9.53 Å². The van der Waals surface area contributed by atoms with Crippen molar-refractivity contribution >= 4 is 11.8 Å². The molecule has 2 fully saturated rings. The van der Waals surface area contributed by atoms with Gasteiger partial charge in [0.05, 0.1) is 30.5 Å². The van der Waals surface area contributed by atoms with E-state index in [4.69, 9.17) is 4.74 Å². The Labute approximate surface area is 171 Å². The van der Waals surface area contributed by atoms with Gasteiger partial charge in [0.2, 0.25) is 5.91 Å². The maximum Gasteiger partial charge on any atom is 0.253 e. The predicted molar refractivity (Wildman–Crippen MR) is 109 cm³/mol. The molecule has 2 amide bonds. The zero-order valence-corrected chi connectivity index (χ0v) is 17.1. The summed E-state index contributed by atoms with van der Waals surface area (Å²) < 4.78 is 7.22. The first-order valence-corrected chi connectivity index (χ1v) is 10.3. The van der Waals surface area contributed by atoms with Crippen molar-refractivity contribution in [1.82, 2.24) is 19.6 Å². The summed E-state index contributed by atoms with van der Waals surface area (Å²) in [6, 6.07) is 9.57. The molecular formula is C22H28N4O3. The van der Waals surface area contributed by atoms with E-state index in [9.17, 15) is 9.59 Å². The molecule has 0 radical (unpaired) electrons. The van der Waals surface area contributed by atoms with Gasteiger partial charge in [-0.3, -0.25) is 9.59 Å². The topological polar surface area (TPSA) is 67.7 Å².